The summed E-state index contributed by atoms with van der Waals surface area (Å²) >= 11 is 1.64. The van der Waals surface area contributed by atoms with Crippen LogP contribution in [-0.4, -0.2) is 39.8 Å². The highest BCUT2D eigenvalue weighted by molar-refractivity contribution is 14.0. The Hall–Kier alpha value is -0.390. The van der Waals surface area contributed by atoms with E-state index >= 15 is 0 Å². The van der Waals surface area contributed by atoms with Crippen molar-refractivity contribution in [1.29, 1.82) is 0 Å². The molecule has 1 rings (SSSR count). The zero-order chi connectivity index (χ0) is 14.8. The normalized spacial score (nSPS) is 11.8. The first kappa shape index (κ1) is 20.6. The fourth-order valence-electron chi connectivity index (χ4n) is 1.38. The molecule has 3 N–H and O–H groups in total. The van der Waals surface area contributed by atoms with E-state index in [0.717, 1.165) is 6.54 Å². The molecule has 0 amide bonds. The number of guanidine groups is 1. The standard InChI is InChI=1S/C12H22N4O2S2.HI/c1-3-13-12(15-9-11-5-8-19-10-11)14-6-7-16-20(17,18)4-2;/h5,8,10,16H,3-4,6-7,9H2,1-2H3,(H2,13,14,15);1H. The highest BCUT2D eigenvalue weighted by Gasteiger charge is 2.04. The summed E-state index contributed by atoms with van der Waals surface area (Å²) in [6, 6.07) is 2.03. The minimum absolute atomic E-state index is 0. The van der Waals surface area contributed by atoms with Crippen molar-refractivity contribution in [2.24, 2.45) is 4.99 Å². The number of thiophene rings is 1. The van der Waals surface area contributed by atoms with Crippen molar-refractivity contribution in [2.45, 2.75) is 20.4 Å². The molecule has 0 spiro atoms. The number of nitrogens with one attached hydrogen (secondary N) is 3. The van der Waals surface area contributed by atoms with Crippen molar-refractivity contribution >= 4 is 51.3 Å². The Bertz CT molecular complexity index is 503. The Labute approximate surface area is 147 Å². The van der Waals surface area contributed by atoms with E-state index in [1.807, 2.05) is 18.4 Å². The number of hydrogen-bond donors (Lipinski definition) is 3. The molecule has 0 saturated carbocycles. The van der Waals surface area contributed by atoms with Crippen LogP contribution in [0.2, 0.25) is 0 Å². The lowest BCUT2D eigenvalue weighted by atomic mass is 10.3. The summed E-state index contributed by atoms with van der Waals surface area (Å²) in [5.41, 5.74) is 1.17. The molecule has 21 heavy (non-hydrogen) atoms. The van der Waals surface area contributed by atoms with E-state index < -0.39 is 10.0 Å². The molecule has 0 saturated heterocycles. The SMILES string of the molecule is CCNC(=NCc1ccsc1)NCCNS(=O)(=O)CC.I. The van der Waals surface area contributed by atoms with Crippen molar-refractivity contribution < 1.29 is 8.42 Å². The van der Waals surface area contributed by atoms with Gasteiger partial charge in [-0.05, 0) is 36.2 Å². The van der Waals surface area contributed by atoms with Crippen LogP contribution in [0.4, 0.5) is 0 Å². The van der Waals surface area contributed by atoms with Crippen LogP contribution in [0.3, 0.4) is 0 Å². The zero-order valence-electron chi connectivity index (χ0n) is 12.3. The minimum Gasteiger partial charge on any atom is -0.357 e. The number of sulfonamides is 1. The Morgan fingerprint density at radius 1 is 1.29 bits per heavy atom. The lowest BCUT2D eigenvalue weighted by Crippen LogP contribution is -2.41. The first-order valence-electron chi connectivity index (χ1n) is 6.58. The Kier molecular flexibility index (Phi) is 11.0. The zero-order valence-corrected chi connectivity index (χ0v) is 16.2. The van der Waals surface area contributed by atoms with Crippen molar-refractivity contribution in [3.8, 4) is 0 Å². The molecule has 1 aromatic heterocycles. The van der Waals surface area contributed by atoms with E-state index in [4.69, 9.17) is 0 Å². The molecular weight excluding hydrogens is 423 g/mol. The van der Waals surface area contributed by atoms with Crippen molar-refractivity contribution in [2.75, 3.05) is 25.4 Å². The van der Waals surface area contributed by atoms with Crippen LogP contribution in [-0.2, 0) is 16.6 Å². The Morgan fingerprint density at radius 3 is 2.62 bits per heavy atom. The molecule has 0 aliphatic carbocycles. The van der Waals surface area contributed by atoms with E-state index in [1.54, 1.807) is 18.3 Å². The topological polar surface area (TPSA) is 82.6 Å². The van der Waals surface area contributed by atoms with Gasteiger partial charge in [0.25, 0.3) is 0 Å². The van der Waals surface area contributed by atoms with Gasteiger partial charge in [0.1, 0.15) is 0 Å². The highest BCUT2D eigenvalue weighted by Crippen LogP contribution is 2.06. The maximum atomic E-state index is 11.3. The Balaban J connectivity index is 0.00000400. The first-order valence-corrected chi connectivity index (χ1v) is 9.17. The fraction of sp³-hybridized carbons (Fsp3) is 0.583. The number of nitrogens with zero attached hydrogens (tertiary/aromatic N) is 1. The van der Waals surface area contributed by atoms with Crippen LogP contribution >= 0.6 is 35.3 Å². The van der Waals surface area contributed by atoms with Gasteiger partial charge in [0, 0.05) is 19.6 Å². The molecule has 1 heterocycles. The van der Waals surface area contributed by atoms with Crippen LogP contribution in [0, 0.1) is 0 Å². The summed E-state index contributed by atoms with van der Waals surface area (Å²) in [5.74, 6) is 0.786. The summed E-state index contributed by atoms with van der Waals surface area (Å²) in [6.45, 7) is 5.81. The molecule has 0 bridgehead atoms. The summed E-state index contributed by atoms with van der Waals surface area (Å²) in [4.78, 5) is 4.43. The molecule has 0 aromatic carbocycles. The van der Waals surface area contributed by atoms with Gasteiger partial charge in [0.15, 0.2) is 5.96 Å². The van der Waals surface area contributed by atoms with Crippen LogP contribution in [0.5, 0.6) is 0 Å². The molecule has 0 aliphatic heterocycles. The third-order valence-electron chi connectivity index (χ3n) is 2.46. The summed E-state index contributed by atoms with van der Waals surface area (Å²) in [7, 11) is -3.13. The maximum Gasteiger partial charge on any atom is 0.211 e. The number of halogens is 1. The molecule has 0 fully saturated rings. The third-order valence-corrected chi connectivity index (χ3v) is 4.60. The van der Waals surface area contributed by atoms with Crippen LogP contribution < -0.4 is 15.4 Å². The molecule has 0 atom stereocenters. The van der Waals surface area contributed by atoms with Crippen molar-refractivity contribution in [1.82, 2.24) is 15.4 Å². The van der Waals surface area contributed by atoms with Crippen molar-refractivity contribution in [3.05, 3.63) is 22.4 Å². The van der Waals surface area contributed by atoms with Gasteiger partial charge in [-0.15, -0.1) is 24.0 Å². The predicted molar refractivity (Wildman–Crippen MR) is 100 cm³/mol. The van der Waals surface area contributed by atoms with Gasteiger partial charge < -0.3 is 10.6 Å². The fourth-order valence-corrected chi connectivity index (χ4v) is 2.66. The van der Waals surface area contributed by atoms with Gasteiger partial charge in [0.2, 0.25) is 10.0 Å². The Morgan fingerprint density at radius 2 is 2.05 bits per heavy atom. The highest BCUT2D eigenvalue weighted by atomic mass is 127. The van der Waals surface area contributed by atoms with E-state index in [1.165, 1.54) is 5.56 Å². The molecule has 122 valence electrons. The lowest BCUT2D eigenvalue weighted by Gasteiger charge is -2.11. The van der Waals surface area contributed by atoms with Gasteiger partial charge in [-0.1, -0.05) is 0 Å². The molecule has 6 nitrogen and oxygen atoms in total. The van der Waals surface area contributed by atoms with E-state index in [0.29, 0.717) is 25.6 Å². The van der Waals surface area contributed by atoms with Crippen molar-refractivity contribution in [3.63, 3.8) is 0 Å². The van der Waals surface area contributed by atoms with Crippen LogP contribution in [0.15, 0.2) is 21.8 Å². The average molecular weight is 446 g/mol. The third kappa shape index (κ3) is 9.27. The molecular formula is C12H23IN4O2S2. The molecule has 0 aliphatic rings. The largest absolute Gasteiger partial charge is 0.357 e. The van der Waals surface area contributed by atoms with E-state index in [-0.39, 0.29) is 29.7 Å². The number of hydrogen-bond acceptors (Lipinski definition) is 4. The summed E-state index contributed by atoms with van der Waals surface area (Å²) < 4.78 is 25.0. The molecule has 0 unspecified atom stereocenters. The van der Waals surface area contributed by atoms with Crippen LogP contribution in [0.25, 0.3) is 0 Å². The number of rotatable bonds is 8. The van der Waals surface area contributed by atoms with E-state index in [2.05, 4.69) is 25.7 Å². The van der Waals surface area contributed by atoms with E-state index in [9.17, 15) is 8.42 Å². The first-order chi connectivity index (χ1) is 9.57. The molecule has 9 heteroatoms. The van der Waals surface area contributed by atoms with Gasteiger partial charge in [-0.2, -0.15) is 11.3 Å². The summed E-state index contributed by atoms with van der Waals surface area (Å²) in [6.07, 6.45) is 0. The second-order valence-electron chi connectivity index (χ2n) is 4.05. The maximum absolute atomic E-state index is 11.3. The second-order valence-corrected chi connectivity index (χ2v) is 6.93. The van der Waals surface area contributed by atoms with Gasteiger partial charge in [0.05, 0.1) is 12.3 Å². The van der Waals surface area contributed by atoms with Gasteiger partial charge in [-0.3, -0.25) is 0 Å². The smallest absolute Gasteiger partial charge is 0.211 e. The van der Waals surface area contributed by atoms with Gasteiger partial charge in [-0.25, -0.2) is 18.1 Å². The molecule has 1 aromatic rings. The monoisotopic (exact) mass is 446 g/mol. The number of aliphatic imine (C=N–C) groups is 1. The van der Waals surface area contributed by atoms with Gasteiger partial charge >= 0.3 is 0 Å². The minimum atomic E-state index is -3.13. The van der Waals surface area contributed by atoms with Crippen LogP contribution in [0.1, 0.15) is 19.4 Å². The lowest BCUT2D eigenvalue weighted by molar-refractivity contribution is 0.582. The summed E-state index contributed by atoms with van der Waals surface area (Å²) in [5, 5.41) is 10.3. The quantitative estimate of drug-likeness (QED) is 0.244. The predicted octanol–water partition coefficient (Wildman–Crippen LogP) is 1.36. The molecule has 0 radical (unpaired) electrons. The second kappa shape index (κ2) is 11.2. The average Bonchev–Trinajstić information content (AvgIpc) is 2.94.